The van der Waals surface area contributed by atoms with Crippen molar-refractivity contribution in [3.8, 4) is 0 Å². The van der Waals surface area contributed by atoms with Crippen LogP contribution in [0.4, 0.5) is 0 Å². The van der Waals surface area contributed by atoms with E-state index in [9.17, 15) is 0 Å². The number of imidazole rings is 1. The Hall–Kier alpha value is -3.63. The van der Waals surface area contributed by atoms with Gasteiger partial charge in [-0.05, 0) is 48.4 Å². The highest BCUT2D eigenvalue weighted by Crippen LogP contribution is 2.34. The van der Waals surface area contributed by atoms with Crippen LogP contribution in [-0.4, -0.2) is 15.0 Å². The van der Waals surface area contributed by atoms with E-state index in [0.29, 0.717) is 17.6 Å². The maximum atomic E-state index is 6.24. The zero-order valence-electron chi connectivity index (χ0n) is 23.6. The van der Waals surface area contributed by atoms with Crippen molar-refractivity contribution in [1.29, 1.82) is 0 Å². The molecule has 5 heteroatoms. The number of hydrogen-bond donors (Lipinski definition) is 1. The van der Waals surface area contributed by atoms with Crippen LogP contribution >= 0.6 is 11.6 Å². The largest absolute Gasteiger partial charge is 0.487 e. The van der Waals surface area contributed by atoms with Gasteiger partial charge in [0.25, 0.3) is 0 Å². The SMILES string of the molecule is CC.CC.C\C=C/C(=C\C(=C\c1ncc(Cl)[nH]1)C(C)(C)c1ccccc1)OCc1ccc2ccccc2n1. The number of pyridine rings is 1. The van der Waals surface area contributed by atoms with Gasteiger partial charge in [0.1, 0.15) is 23.3 Å². The highest BCUT2D eigenvalue weighted by Gasteiger charge is 2.25. The second-order valence-corrected chi connectivity index (χ2v) is 8.94. The van der Waals surface area contributed by atoms with Crippen molar-refractivity contribution in [3.63, 3.8) is 0 Å². The minimum atomic E-state index is -0.308. The van der Waals surface area contributed by atoms with Crippen molar-refractivity contribution in [2.24, 2.45) is 0 Å². The molecule has 4 rings (SSSR count). The molecule has 1 N–H and O–H groups in total. The first kappa shape index (κ1) is 30.6. The molecule has 0 fully saturated rings. The molecule has 0 aliphatic rings. The number of hydrogen-bond acceptors (Lipinski definition) is 3. The number of halogens is 1. The summed E-state index contributed by atoms with van der Waals surface area (Å²) in [7, 11) is 0. The van der Waals surface area contributed by atoms with Crippen molar-refractivity contribution < 1.29 is 4.74 Å². The van der Waals surface area contributed by atoms with Crippen LogP contribution in [0.15, 0.2) is 102 Å². The minimum Gasteiger partial charge on any atom is -0.487 e. The standard InChI is InChI=1S/C29H28ClN3O.2C2H6/c1-4-10-25(34-20-24-16-15-21-11-8-9-14-26(21)32-24)17-23(18-28-31-19-27(30)33-28)29(2,3)22-12-6-5-7-13-22;2*1-2/h4-19H,20H2,1-3H3,(H,31,33);2*1-2H3/b10-4-,23-18-,25-17+;;. The van der Waals surface area contributed by atoms with Crippen LogP contribution in [0.5, 0.6) is 0 Å². The highest BCUT2D eigenvalue weighted by molar-refractivity contribution is 6.29. The Morgan fingerprint density at radius 1 is 0.947 bits per heavy atom. The highest BCUT2D eigenvalue weighted by atomic mass is 35.5. The quantitative estimate of drug-likeness (QED) is 0.182. The molecule has 0 unspecified atom stereocenters. The molecule has 2 aromatic heterocycles. The normalized spacial score (nSPS) is 12.0. The van der Waals surface area contributed by atoms with Crippen molar-refractivity contribution in [2.75, 3.05) is 0 Å². The van der Waals surface area contributed by atoms with E-state index in [2.05, 4.69) is 66.3 Å². The van der Waals surface area contributed by atoms with Gasteiger partial charge < -0.3 is 9.72 Å². The predicted octanol–water partition coefficient (Wildman–Crippen LogP) is 9.70. The Labute approximate surface area is 233 Å². The molecule has 38 heavy (non-hydrogen) atoms. The van der Waals surface area contributed by atoms with E-state index < -0.39 is 0 Å². The monoisotopic (exact) mass is 529 g/mol. The van der Waals surface area contributed by atoms with Gasteiger partial charge in [-0.15, -0.1) is 0 Å². The number of H-pyrrole nitrogens is 1. The molecule has 200 valence electrons. The summed E-state index contributed by atoms with van der Waals surface area (Å²) >= 11 is 6.08. The van der Waals surface area contributed by atoms with Gasteiger partial charge in [-0.25, -0.2) is 9.97 Å². The summed E-state index contributed by atoms with van der Waals surface area (Å²) in [5, 5.41) is 1.61. The first-order chi connectivity index (χ1) is 18.5. The van der Waals surface area contributed by atoms with E-state index >= 15 is 0 Å². The summed E-state index contributed by atoms with van der Waals surface area (Å²) in [6.45, 7) is 14.7. The zero-order chi connectivity index (χ0) is 28.0. The number of aromatic nitrogens is 3. The van der Waals surface area contributed by atoms with Gasteiger partial charge in [0.15, 0.2) is 0 Å². The second kappa shape index (κ2) is 15.6. The van der Waals surface area contributed by atoms with Crippen molar-refractivity contribution in [2.45, 2.75) is 60.5 Å². The van der Waals surface area contributed by atoms with Gasteiger partial charge in [0.05, 0.1) is 17.4 Å². The van der Waals surface area contributed by atoms with Crippen LogP contribution in [0.25, 0.3) is 17.0 Å². The summed E-state index contributed by atoms with van der Waals surface area (Å²) < 4.78 is 6.24. The van der Waals surface area contributed by atoms with Crippen LogP contribution in [0.1, 0.15) is 65.5 Å². The molecule has 0 saturated heterocycles. The van der Waals surface area contributed by atoms with Crippen LogP contribution in [0.2, 0.25) is 5.15 Å². The van der Waals surface area contributed by atoms with Crippen molar-refractivity contribution >= 4 is 28.6 Å². The van der Waals surface area contributed by atoms with E-state index in [-0.39, 0.29) is 5.41 Å². The molecular formula is C33H40ClN3O. The zero-order valence-corrected chi connectivity index (χ0v) is 24.4. The molecule has 0 atom stereocenters. The van der Waals surface area contributed by atoms with Crippen molar-refractivity contribution in [1.82, 2.24) is 15.0 Å². The molecule has 2 heterocycles. The third-order valence-corrected chi connectivity index (χ3v) is 5.94. The molecular weight excluding hydrogens is 490 g/mol. The van der Waals surface area contributed by atoms with Gasteiger partial charge in [-0.3, -0.25) is 0 Å². The van der Waals surface area contributed by atoms with E-state index in [1.165, 1.54) is 5.56 Å². The fourth-order valence-electron chi connectivity index (χ4n) is 3.76. The fourth-order valence-corrected chi connectivity index (χ4v) is 3.90. The number of allylic oxidation sites excluding steroid dienone is 4. The summed E-state index contributed by atoms with van der Waals surface area (Å²) in [6, 6.07) is 22.6. The molecule has 0 spiro atoms. The number of nitrogens with zero attached hydrogens (tertiary/aromatic N) is 2. The lowest BCUT2D eigenvalue weighted by Gasteiger charge is -2.27. The Balaban J connectivity index is 0.00000121. The van der Waals surface area contributed by atoms with Gasteiger partial charge in [0.2, 0.25) is 0 Å². The topological polar surface area (TPSA) is 50.8 Å². The maximum Gasteiger partial charge on any atom is 0.131 e. The molecule has 4 aromatic rings. The molecule has 4 nitrogen and oxygen atoms in total. The summed E-state index contributed by atoms with van der Waals surface area (Å²) in [4.78, 5) is 12.2. The molecule has 0 aliphatic heterocycles. The lowest BCUT2D eigenvalue weighted by molar-refractivity contribution is 0.207. The average molecular weight is 530 g/mol. The third-order valence-electron chi connectivity index (χ3n) is 5.75. The summed E-state index contributed by atoms with van der Waals surface area (Å²) in [5.74, 6) is 1.43. The number of ether oxygens (including phenoxy) is 1. The number of rotatable bonds is 8. The lowest BCUT2D eigenvalue weighted by Crippen LogP contribution is -2.19. The fraction of sp³-hybridized carbons (Fsp3) is 0.273. The molecule has 0 radical (unpaired) electrons. The Bertz CT molecular complexity index is 1350. The number of aromatic amines is 1. The molecule has 0 amide bonds. The Kier molecular flexibility index (Phi) is 12.5. The van der Waals surface area contributed by atoms with Crippen LogP contribution in [0, 0.1) is 0 Å². The first-order valence-corrected chi connectivity index (χ1v) is 13.6. The van der Waals surface area contributed by atoms with E-state index in [1.807, 2.05) is 83.2 Å². The van der Waals surface area contributed by atoms with Crippen LogP contribution < -0.4 is 0 Å². The third kappa shape index (κ3) is 8.46. The molecule has 0 aliphatic carbocycles. The van der Waals surface area contributed by atoms with Gasteiger partial charge in [-0.1, -0.05) is 114 Å². The number of nitrogens with one attached hydrogen (secondary N) is 1. The number of para-hydroxylation sites is 1. The molecule has 0 saturated carbocycles. The van der Waals surface area contributed by atoms with E-state index in [1.54, 1.807) is 6.20 Å². The number of fused-ring (bicyclic) bond motifs is 1. The second-order valence-electron chi connectivity index (χ2n) is 8.54. The number of benzene rings is 2. The first-order valence-electron chi connectivity index (χ1n) is 13.3. The average Bonchev–Trinajstić information content (AvgIpc) is 3.38. The minimum absolute atomic E-state index is 0.308. The molecule has 2 aromatic carbocycles. The molecule has 0 bridgehead atoms. The summed E-state index contributed by atoms with van der Waals surface area (Å²) in [6.07, 6.45) is 9.62. The van der Waals surface area contributed by atoms with Crippen LogP contribution in [0.3, 0.4) is 0 Å². The Morgan fingerprint density at radius 2 is 1.63 bits per heavy atom. The summed E-state index contributed by atoms with van der Waals surface area (Å²) in [5.41, 5.74) is 3.74. The predicted molar refractivity (Wildman–Crippen MR) is 163 cm³/mol. The van der Waals surface area contributed by atoms with Gasteiger partial charge in [-0.2, -0.15) is 0 Å². The smallest absolute Gasteiger partial charge is 0.131 e. The maximum absolute atomic E-state index is 6.24. The Morgan fingerprint density at radius 3 is 2.29 bits per heavy atom. The van der Waals surface area contributed by atoms with Crippen LogP contribution in [-0.2, 0) is 16.8 Å². The van der Waals surface area contributed by atoms with Gasteiger partial charge in [0, 0.05) is 10.8 Å². The van der Waals surface area contributed by atoms with E-state index in [0.717, 1.165) is 27.9 Å². The van der Waals surface area contributed by atoms with Crippen molar-refractivity contribution in [3.05, 3.63) is 125 Å². The van der Waals surface area contributed by atoms with Gasteiger partial charge >= 0.3 is 0 Å². The van der Waals surface area contributed by atoms with E-state index in [4.69, 9.17) is 21.3 Å². The lowest BCUT2D eigenvalue weighted by atomic mass is 9.77.